The molecule has 0 unspecified atom stereocenters. The first kappa shape index (κ1) is 11.8. The molecule has 0 spiro atoms. The maximum Gasteiger partial charge on any atom is 0.325 e. The number of pyridine rings is 1. The summed E-state index contributed by atoms with van der Waals surface area (Å²) < 4.78 is 0. The predicted molar refractivity (Wildman–Crippen MR) is 67.9 cm³/mol. The van der Waals surface area contributed by atoms with E-state index in [0.717, 1.165) is 0 Å². The summed E-state index contributed by atoms with van der Waals surface area (Å²) in [6.45, 7) is 1.62. The molecule has 18 heavy (non-hydrogen) atoms. The molecule has 92 valence electrons. The van der Waals surface area contributed by atoms with Crippen LogP contribution in [-0.4, -0.2) is 21.2 Å². The van der Waals surface area contributed by atoms with Gasteiger partial charge in [-0.1, -0.05) is 6.07 Å². The first-order valence-corrected chi connectivity index (χ1v) is 5.20. The molecule has 3 N–H and O–H groups in total. The van der Waals surface area contributed by atoms with Crippen molar-refractivity contribution in [3.05, 3.63) is 56.5 Å². The van der Waals surface area contributed by atoms with Gasteiger partial charge in [-0.15, -0.1) is 0 Å². The van der Waals surface area contributed by atoms with Crippen LogP contribution in [0, 0.1) is 6.92 Å². The Morgan fingerprint density at radius 1 is 1.33 bits per heavy atom. The molecule has 7 heteroatoms. The van der Waals surface area contributed by atoms with Crippen molar-refractivity contribution in [3.8, 4) is 0 Å². The van der Waals surface area contributed by atoms with Gasteiger partial charge in [0.15, 0.2) is 0 Å². The number of H-pyrrole nitrogens is 2. The second-order valence-electron chi connectivity index (χ2n) is 3.53. The number of hydrogen-bond acceptors (Lipinski definition) is 5. The maximum atomic E-state index is 11.5. The fourth-order valence-electron chi connectivity index (χ4n) is 1.36. The Hall–Kier alpha value is -2.70. The molecular formula is C11H11N5O2. The Kier molecular flexibility index (Phi) is 3.33. The highest BCUT2D eigenvalue weighted by Crippen LogP contribution is 1.99. The van der Waals surface area contributed by atoms with Crippen LogP contribution in [0.2, 0.25) is 0 Å². The van der Waals surface area contributed by atoms with Crippen LogP contribution in [0.5, 0.6) is 0 Å². The second-order valence-corrected chi connectivity index (χ2v) is 3.53. The molecule has 0 radical (unpaired) electrons. The van der Waals surface area contributed by atoms with Crippen molar-refractivity contribution in [2.75, 3.05) is 5.43 Å². The molecule has 0 saturated carbocycles. The van der Waals surface area contributed by atoms with Gasteiger partial charge in [0.05, 0.1) is 11.8 Å². The number of rotatable bonds is 3. The Bertz CT molecular complexity index is 672. The molecule has 0 aliphatic carbocycles. The molecular weight excluding hydrogens is 234 g/mol. The molecule has 2 aromatic rings. The van der Waals surface area contributed by atoms with Crippen molar-refractivity contribution in [2.45, 2.75) is 6.92 Å². The lowest BCUT2D eigenvalue weighted by atomic mass is 10.2. The lowest BCUT2D eigenvalue weighted by Gasteiger charge is -1.99. The van der Waals surface area contributed by atoms with Gasteiger partial charge in [-0.2, -0.15) is 5.10 Å². The van der Waals surface area contributed by atoms with Crippen LogP contribution in [-0.2, 0) is 0 Å². The quantitative estimate of drug-likeness (QED) is 0.531. The number of aryl methyl sites for hydroxylation is 1. The second kappa shape index (κ2) is 5.09. The molecule has 0 aliphatic heterocycles. The number of anilines is 1. The molecule has 0 atom stereocenters. The zero-order valence-corrected chi connectivity index (χ0v) is 9.60. The summed E-state index contributed by atoms with van der Waals surface area (Å²) in [6.07, 6.45) is 2.95. The van der Waals surface area contributed by atoms with Gasteiger partial charge in [0, 0.05) is 11.9 Å². The average Bonchev–Trinajstić information content (AvgIpc) is 2.34. The normalized spacial score (nSPS) is 10.7. The number of nitrogens with zero attached hydrogens (tertiary/aromatic N) is 2. The van der Waals surface area contributed by atoms with Crippen LogP contribution < -0.4 is 16.7 Å². The zero-order chi connectivity index (χ0) is 13.0. The Morgan fingerprint density at radius 2 is 2.17 bits per heavy atom. The fourth-order valence-corrected chi connectivity index (χ4v) is 1.36. The van der Waals surface area contributed by atoms with E-state index in [0.29, 0.717) is 11.5 Å². The number of hydrazone groups is 1. The molecule has 0 amide bonds. The van der Waals surface area contributed by atoms with Gasteiger partial charge in [-0.3, -0.25) is 15.2 Å². The van der Waals surface area contributed by atoms with E-state index in [2.05, 4.69) is 25.5 Å². The van der Waals surface area contributed by atoms with Gasteiger partial charge in [0.2, 0.25) is 0 Å². The third kappa shape index (κ3) is 2.70. The van der Waals surface area contributed by atoms with Gasteiger partial charge >= 0.3 is 5.69 Å². The minimum atomic E-state index is -0.535. The van der Waals surface area contributed by atoms with Gasteiger partial charge in [0.25, 0.3) is 5.56 Å². The summed E-state index contributed by atoms with van der Waals surface area (Å²) in [4.78, 5) is 31.1. The van der Waals surface area contributed by atoms with Crippen molar-refractivity contribution < 1.29 is 0 Å². The molecule has 0 bridgehead atoms. The van der Waals surface area contributed by atoms with Crippen LogP contribution in [0.3, 0.4) is 0 Å². The maximum absolute atomic E-state index is 11.5. The minimum Gasteiger partial charge on any atom is -0.311 e. The highest BCUT2D eigenvalue weighted by molar-refractivity contribution is 5.80. The third-order valence-electron chi connectivity index (χ3n) is 2.21. The van der Waals surface area contributed by atoms with Gasteiger partial charge in [-0.25, -0.2) is 9.78 Å². The van der Waals surface area contributed by atoms with Crippen LogP contribution in [0.1, 0.15) is 11.3 Å². The van der Waals surface area contributed by atoms with Crippen LogP contribution in [0.4, 0.5) is 5.82 Å². The molecule has 0 aliphatic rings. The molecule has 2 aromatic heterocycles. The van der Waals surface area contributed by atoms with Crippen LogP contribution in [0.25, 0.3) is 0 Å². The van der Waals surface area contributed by atoms with Crippen molar-refractivity contribution in [2.24, 2.45) is 5.10 Å². The monoisotopic (exact) mass is 245 g/mol. The average molecular weight is 245 g/mol. The van der Waals surface area contributed by atoms with E-state index in [1.165, 1.54) is 6.21 Å². The number of nitrogens with one attached hydrogen (secondary N) is 3. The highest BCUT2D eigenvalue weighted by Gasteiger charge is 2.02. The first-order chi connectivity index (χ1) is 8.66. The number of aromatic amines is 2. The summed E-state index contributed by atoms with van der Waals surface area (Å²) in [5.74, 6) is 0.562. The summed E-state index contributed by atoms with van der Waals surface area (Å²) in [5.41, 5.74) is 2.40. The number of hydrogen-bond donors (Lipinski definition) is 3. The molecule has 2 rings (SSSR count). The van der Waals surface area contributed by atoms with Crippen molar-refractivity contribution >= 4 is 12.0 Å². The van der Waals surface area contributed by atoms with E-state index < -0.39 is 11.2 Å². The van der Waals surface area contributed by atoms with Crippen molar-refractivity contribution in [1.29, 1.82) is 0 Å². The Balaban J connectivity index is 2.20. The van der Waals surface area contributed by atoms with E-state index >= 15 is 0 Å². The lowest BCUT2D eigenvalue weighted by molar-refractivity contribution is 0.987. The van der Waals surface area contributed by atoms with Crippen LogP contribution >= 0.6 is 0 Å². The Morgan fingerprint density at radius 3 is 2.83 bits per heavy atom. The van der Waals surface area contributed by atoms with E-state index in [4.69, 9.17) is 0 Å². The largest absolute Gasteiger partial charge is 0.325 e. The fraction of sp³-hybridized carbons (Fsp3) is 0.0909. The first-order valence-electron chi connectivity index (χ1n) is 5.20. The Labute approximate surface area is 102 Å². The molecule has 0 aromatic carbocycles. The highest BCUT2D eigenvalue weighted by atomic mass is 16.2. The smallest absolute Gasteiger partial charge is 0.311 e. The predicted octanol–water partition coefficient (Wildman–Crippen LogP) is 0.213. The lowest BCUT2D eigenvalue weighted by Crippen LogP contribution is -2.26. The minimum absolute atomic E-state index is 0.290. The summed E-state index contributed by atoms with van der Waals surface area (Å²) in [7, 11) is 0. The topological polar surface area (TPSA) is 103 Å². The van der Waals surface area contributed by atoms with Gasteiger partial charge < -0.3 is 4.98 Å². The van der Waals surface area contributed by atoms with Crippen molar-refractivity contribution in [1.82, 2.24) is 15.0 Å². The molecule has 0 fully saturated rings. The summed E-state index contributed by atoms with van der Waals surface area (Å²) >= 11 is 0. The van der Waals surface area contributed by atoms with E-state index in [1.54, 1.807) is 25.3 Å². The SMILES string of the molecule is Cc1[nH]c(=O)[nH]c(=O)c1/C=N/Nc1ccccn1. The van der Waals surface area contributed by atoms with Gasteiger partial charge in [0.1, 0.15) is 5.82 Å². The zero-order valence-electron chi connectivity index (χ0n) is 9.60. The van der Waals surface area contributed by atoms with Gasteiger partial charge in [-0.05, 0) is 19.1 Å². The number of aromatic nitrogens is 3. The standard InChI is InChI=1S/C11H11N5O2/c1-7-8(10(17)15-11(18)14-7)6-13-16-9-4-2-3-5-12-9/h2-6H,1H3,(H,12,16)(H2,14,15,17,18)/b13-6+. The molecule has 2 heterocycles. The van der Waals surface area contributed by atoms with Crippen LogP contribution in [0.15, 0.2) is 39.1 Å². The van der Waals surface area contributed by atoms with Crippen molar-refractivity contribution in [3.63, 3.8) is 0 Å². The molecule has 7 nitrogen and oxygen atoms in total. The molecule has 0 saturated heterocycles. The summed E-state index contributed by atoms with van der Waals surface area (Å²) in [6, 6.07) is 5.33. The van der Waals surface area contributed by atoms with E-state index in [-0.39, 0.29) is 5.56 Å². The summed E-state index contributed by atoms with van der Waals surface area (Å²) in [5, 5.41) is 3.88. The van der Waals surface area contributed by atoms with E-state index in [9.17, 15) is 9.59 Å². The third-order valence-corrected chi connectivity index (χ3v) is 2.21. The van der Waals surface area contributed by atoms with E-state index in [1.807, 2.05) is 6.07 Å².